The van der Waals surface area contributed by atoms with Crippen LogP contribution in [0.3, 0.4) is 0 Å². The van der Waals surface area contributed by atoms with Gasteiger partial charge in [-0.15, -0.1) is 0 Å². The van der Waals surface area contributed by atoms with Crippen molar-refractivity contribution in [2.24, 2.45) is 15.7 Å². The number of amides is 1. The summed E-state index contributed by atoms with van der Waals surface area (Å²) in [7, 11) is 6.45. The smallest absolute Gasteiger partial charge is 0.321 e. The molecule has 10 nitrogen and oxygen atoms in total. The van der Waals surface area contributed by atoms with Gasteiger partial charge in [0.1, 0.15) is 17.3 Å². The highest BCUT2D eigenvalue weighted by atomic mass is 19.3. The van der Waals surface area contributed by atoms with E-state index in [1.807, 2.05) is 0 Å². The van der Waals surface area contributed by atoms with E-state index in [9.17, 15) is 4.79 Å². The number of likely N-dealkylation sites (tertiary alicyclic amines) is 1. The molecule has 12 heteroatoms. The highest BCUT2D eigenvalue weighted by Gasteiger charge is 2.47. The molecule has 1 aliphatic carbocycles. The summed E-state index contributed by atoms with van der Waals surface area (Å²) in [6, 6.07) is 5.11. The summed E-state index contributed by atoms with van der Waals surface area (Å²) in [6.07, 6.45) is 6.57. The van der Waals surface area contributed by atoms with E-state index in [0.717, 1.165) is 51.6 Å². The third kappa shape index (κ3) is 6.80. The van der Waals surface area contributed by atoms with Crippen LogP contribution in [0.4, 0.5) is 14.5 Å². The lowest BCUT2D eigenvalue weighted by molar-refractivity contribution is 0.0390. The molecule has 0 unspecified atom stereocenters. The number of rotatable bonds is 7. The molecule has 2 aliphatic heterocycles. The lowest BCUT2D eigenvalue weighted by Gasteiger charge is -2.32. The van der Waals surface area contributed by atoms with Gasteiger partial charge >= 0.3 is 5.92 Å². The number of halogens is 2. The summed E-state index contributed by atoms with van der Waals surface area (Å²) in [4.78, 5) is 26.7. The predicted octanol–water partition coefficient (Wildman–Crippen LogP) is 3.45. The minimum absolute atomic E-state index is 0.108. The summed E-state index contributed by atoms with van der Waals surface area (Å²) in [6.45, 7) is 5.38. The number of aliphatic imine (C=N–C) groups is 2. The fourth-order valence-corrected chi connectivity index (χ4v) is 5.82. The molecule has 1 saturated carbocycles. The quantitative estimate of drug-likeness (QED) is 0.459. The molecule has 0 atom stereocenters. The lowest BCUT2D eigenvalue weighted by Crippen LogP contribution is -2.47. The molecule has 4 rings (SSSR count). The number of piperidine rings is 1. The number of carbonyl (C=O) groups is 1. The van der Waals surface area contributed by atoms with Crippen LogP contribution in [0.2, 0.25) is 0 Å². The molecule has 3 aliphatic rings. The van der Waals surface area contributed by atoms with Crippen LogP contribution in [-0.4, -0.2) is 98.2 Å². The molecule has 0 bridgehead atoms. The number of likely N-dealkylation sites (N-methyl/N-ethyl adjacent to an activating group) is 1. The molecule has 0 spiro atoms. The normalized spacial score (nSPS) is 23.7. The zero-order valence-electron chi connectivity index (χ0n) is 24.4. The lowest BCUT2D eigenvalue weighted by atomic mass is 10.0. The number of hydrogen-bond acceptors (Lipinski definition) is 7. The zero-order valence-corrected chi connectivity index (χ0v) is 24.4. The van der Waals surface area contributed by atoms with Gasteiger partial charge in [-0.3, -0.25) is 9.79 Å². The molecule has 0 aromatic heterocycles. The molecule has 1 amide bonds. The van der Waals surface area contributed by atoms with E-state index >= 15 is 8.78 Å². The molecule has 224 valence electrons. The van der Waals surface area contributed by atoms with Gasteiger partial charge in [-0.05, 0) is 64.0 Å². The van der Waals surface area contributed by atoms with Gasteiger partial charge in [0.15, 0.2) is 11.7 Å². The first-order valence-corrected chi connectivity index (χ1v) is 14.1. The second-order valence-electron chi connectivity index (χ2n) is 10.9. The standard InChI is InChI=1S/C29H42F2N8O2/c1-19(34-23-11-10-20(16-25(23)41-5)27(40)36-21-12-14-37(3)15-13-21)35-26-24(17-32)38(4)28(33-2)29(30,31)18-39(26)22-8-6-7-9-22/h10-11,16-17,21-22,34H,1,6-9,12-15,18,32H2,2-5H3,(H,36,40)/b24-17+,33-28?,35-26?. The van der Waals surface area contributed by atoms with Crippen LogP contribution in [0.15, 0.2) is 52.5 Å². The number of anilines is 1. The molecule has 1 aromatic rings. The number of amidine groups is 2. The number of ether oxygens (including phenoxy) is 1. The van der Waals surface area contributed by atoms with Gasteiger partial charge in [0.2, 0.25) is 0 Å². The monoisotopic (exact) mass is 572 g/mol. The Morgan fingerprint density at radius 3 is 2.49 bits per heavy atom. The summed E-state index contributed by atoms with van der Waals surface area (Å²) in [5, 5.41) is 6.23. The number of carbonyl (C=O) groups excluding carboxylic acids is 1. The number of alkyl halides is 2. The van der Waals surface area contributed by atoms with E-state index < -0.39 is 12.5 Å². The van der Waals surface area contributed by atoms with Crippen LogP contribution in [0.5, 0.6) is 5.75 Å². The molecule has 4 N–H and O–H groups in total. The van der Waals surface area contributed by atoms with E-state index in [1.54, 1.807) is 23.1 Å². The minimum Gasteiger partial charge on any atom is -0.495 e. The Bertz CT molecular complexity index is 1220. The van der Waals surface area contributed by atoms with E-state index in [4.69, 9.17) is 15.5 Å². The molecule has 2 saturated heterocycles. The maximum Gasteiger partial charge on any atom is 0.321 e. The van der Waals surface area contributed by atoms with Gasteiger partial charge in [0, 0.05) is 37.9 Å². The zero-order chi connectivity index (χ0) is 29.7. The van der Waals surface area contributed by atoms with E-state index in [2.05, 4.69) is 34.2 Å². The summed E-state index contributed by atoms with van der Waals surface area (Å²) >= 11 is 0. The van der Waals surface area contributed by atoms with Crippen molar-refractivity contribution in [3.8, 4) is 5.75 Å². The number of hydrogen-bond donors (Lipinski definition) is 3. The van der Waals surface area contributed by atoms with Crippen molar-refractivity contribution in [1.29, 1.82) is 0 Å². The van der Waals surface area contributed by atoms with Gasteiger partial charge in [-0.1, -0.05) is 19.4 Å². The topological polar surface area (TPSA) is 111 Å². The summed E-state index contributed by atoms with van der Waals surface area (Å²) < 4.78 is 36.3. The molecular formula is C29H42F2N8O2. The van der Waals surface area contributed by atoms with E-state index in [-0.39, 0.29) is 29.6 Å². The molecule has 3 fully saturated rings. The summed E-state index contributed by atoms with van der Waals surface area (Å²) in [5.74, 6) is -2.82. The molecule has 41 heavy (non-hydrogen) atoms. The fourth-order valence-electron chi connectivity index (χ4n) is 5.82. The molecule has 0 radical (unpaired) electrons. The van der Waals surface area contributed by atoms with Crippen molar-refractivity contribution < 1.29 is 18.3 Å². The molecule has 1 aromatic carbocycles. The number of benzene rings is 1. The van der Waals surface area contributed by atoms with Crippen LogP contribution >= 0.6 is 0 Å². The second kappa shape index (κ2) is 12.9. The Labute approximate surface area is 241 Å². The van der Waals surface area contributed by atoms with Crippen molar-refractivity contribution in [2.75, 3.05) is 53.2 Å². The number of nitrogens with zero attached hydrogens (tertiary/aromatic N) is 5. The van der Waals surface area contributed by atoms with Crippen molar-refractivity contribution in [1.82, 2.24) is 20.0 Å². The maximum atomic E-state index is 15.4. The van der Waals surface area contributed by atoms with E-state index in [1.165, 1.54) is 32.3 Å². The average Bonchev–Trinajstić information content (AvgIpc) is 3.46. The third-order valence-electron chi connectivity index (χ3n) is 8.05. The van der Waals surface area contributed by atoms with Crippen molar-refractivity contribution >= 4 is 23.3 Å². The maximum absolute atomic E-state index is 15.4. The van der Waals surface area contributed by atoms with Gasteiger partial charge in [-0.2, -0.15) is 8.78 Å². The Kier molecular flexibility index (Phi) is 9.52. The van der Waals surface area contributed by atoms with Crippen LogP contribution in [-0.2, 0) is 0 Å². The number of methoxy groups -OCH3 is 1. The van der Waals surface area contributed by atoms with Crippen LogP contribution in [0.1, 0.15) is 48.9 Å². The molecular weight excluding hydrogens is 530 g/mol. The van der Waals surface area contributed by atoms with Crippen LogP contribution in [0.25, 0.3) is 0 Å². The van der Waals surface area contributed by atoms with Gasteiger partial charge < -0.3 is 35.8 Å². The van der Waals surface area contributed by atoms with Crippen LogP contribution < -0.4 is 21.1 Å². The van der Waals surface area contributed by atoms with Gasteiger partial charge in [-0.25, -0.2) is 4.99 Å². The predicted molar refractivity (Wildman–Crippen MR) is 158 cm³/mol. The largest absolute Gasteiger partial charge is 0.495 e. The minimum atomic E-state index is -3.21. The van der Waals surface area contributed by atoms with E-state index in [0.29, 0.717) is 28.5 Å². The van der Waals surface area contributed by atoms with Crippen molar-refractivity contribution in [2.45, 2.75) is 56.5 Å². The van der Waals surface area contributed by atoms with Gasteiger partial charge in [0.25, 0.3) is 5.91 Å². The Balaban J connectivity index is 1.58. The van der Waals surface area contributed by atoms with Crippen LogP contribution in [0, 0.1) is 0 Å². The Hall–Kier alpha value is -3.67. The number of nitrogens with one attached hydrogen (secondary N) is 2. The first-order chi connectivity index (χ1) is 19.6. The summed E-state index contributed by atoms with van der Waals surface area (Å²) in [5.41, 5.74) is 7.31. The molecule has 2 heterocycles. The van der Waals surface area contributed by atoms with Gasteiger partial charge in [0.05, 0.1) is 19.3 Å². The van der Waals surface area contributed by atoms with Crippen molar-refractivity contribution in [3.05, 3.63) is 48.1 Å². The second-order valence-corrected chi connectivity index (χ2v) is 10.9. The Morgan fingerprint density at radius 1 is 1.20 bits per heavy atom. The van der Waals surface area contributed by atoms with Crippen molar-refractivity contribution in [3.63, 3.8) is 0 Å². The highest BCUT2D eigenvalue weighted by molar-refractivity contribution is 6.06. The Morgan fingerprint density at radius 2 is 1.88 bits per heavy atom. The number of nitrogens with two attached hydrogens (primary N) is 1. The fraction of sp³-hybridized carbons (Fsp3) is 0.552. The first-order valence-electron chi connectivity index (χ1n) is 14.1. The third-order valence-corrected chi connectivity index (χ3v) is 8.05. The highest BCUT2D eigenvalue weighted by Crippen LogP contribution is 2.34. The first kappa shape index (κ1) is 30.3. The SMILES string of the molecule is C=C(N=C1/C(=C\N)N(C)C(=NC)C(F)(F)CN1C1CCCC1)Nc1ccc(C(=O)NC2CCN(C)CC2)cc1OC. The average molecular weight is 573 g/mol.